The first-order chi connectivity index (χ1) is 6.27. The number of nitrogens with zero attached hydrogens (tertiary/aromatic N) is 1. The monoisotopic (exact) mass is 183 g/mol. The van der Waals surface area contributed by atoms with Gasteiger partial charge in [-0.1, -0.05) is 19.3 Å². The molecule has 1 aliphatic heterocycles. The highest BCUT2D eigenvalue weighted by Crippen LogP contribution is 2.24. The van der Waals surface area contributed by atoms with E-state index in [-0.39, 0.29) is 12.1 Å². The summed E-state index contributed by atoms with van der Waals surface area (Å²) < 4.78 is 0. The van der Waals surface area contributed by atoms with Crippen LogP contribution in [-0.4, -0.2) is 36.1 Å². The summed E-state index contributed by atoms with van der Waals surface area (Å²) in [5.41, 5.74) is 11.8. The zero-order chi connectivity index (χ0) is 9.26. The van der Waals surface area contributed by atoms with Crippen molar-refractivity contribution in [3.05, 3.63) is 0 Å². The molecule has 0 radical (unpaired) electrons. The maximum absolute atomic E-state index is 5.91. The Morgan fingerprint density at radius 3 is 1.92 bits per heavy atom. The Kier molecular flexibility index (Phi) is 2.86. The van der Waals surface area contributed by atoms with Gasteiger partial charge in [0.15, 0.2) is 0 Å². The molecule has 0 spiro atoms. The molecule has 4 N–H and O–H groups in total. The third kappa shape index (κ3) is 2.03. The third-order valence-electron chi connectivity index (χ3n) is 3.53. The number of likely N-dealkylation sites (tertiary alicyclic amines) is 1. The van der Waals surface area contributed by atoms with Gasteiger partial charge in [-0.15, -0.1) is 0 Å². The van der Waals surface area contributed by atoms with Gasteiger partial charge in [0, 0.05) is 31.2 Å². The van der Waals surface area contributed by atoms with Crippen LogP contribution in [0.2, 0.25) is 0 Å². The van der Waals surface area contributed by atoms with Crippen molar-refractivity contribution < 1.29 is 0 Å². The fraction of sp³-hybridized carbons (Fsp3) is 1.00. The molecule has 2 fully saturated rings. The topological polar surface area (TPSA) is 55.3 Å². The summed E-state index contributed by atoms with van der Waals surface area (Å²) in [4.78, 5) is 2.51. The zero-order valence-corrected chi connectivity index (χ0v) is 8.28. The highest BCUT2D eigenvalue weighted by atomic mass is 15.2. The summed E-state index contributed by atoms with van der Waals surface area (Å²) in [5, 5.41) is 0. The molecule has 2 aliphatic rings. The predicted molar refractivity (Wildman–Crippen MR) is 54.4 cm³/mol. The normalized spacial score (nSPS) is 38.3. The van der Waals surface area contributed by atoms with Crippen molar-refractivity contribution in [2.24, 2.45) is 11.5 Å². The summed E-state index contributed by atoms with van der Waals surface area (Å²) in [6, 6.07) is 1.21. The second-order valence-corrected chi connectivity index (χ2v) is 4.57. The average molecular weight is 183 g/mol. The fourth-order valence-corrected chi connectivity index (χ4v) is 2.63. The molecule has 0 amide bonds. The molecule has 0 aromatic heterocycles. The van der Waals surface area contributed by atoms with E-state index in [9.17, 15) is 0 Å². The van der Waals surface area contributed by atoms with Crippen LogP contribution in [0.3, 0.4) is 0 Å². The maximum Gasteiger partial charge on any atom is 0.0334 e. The summed E-state index contributed by atoms with van der Waals surface area (Å²) in [6.45, 7) is 2.04. The van der Waals surface area contributed by atoms with Crippen LogP contribution >= 0.6 is 0 Å². The number of hydrogen-bond donors (Lipinski definition) is 2. The average Bonchev–Trinajstić information content (AvgIpc) is 2.49. The molecule has 13 heavy (non-hydrogen) atoms. The molecule has 1 saturated carbocycles. The van der Waals surface area contributed by atoms with Crippen LogP contribution in [-0.2, 0) is 0 Å². The van der Waals surface area contributed by atoms with Crippen LogP contribution in [0.1, 0.15) is 32.1 Å². The van der Waals surface area contributed by atoms with E-state index in [0.29, 0.717) is 0 Å². The van der Waals surface area contributed by atoms with Gasteiger partial charge in [0.05, 0.1) is 0 Å². The minimum Gasteiger partial charge on any atom is -0.325 e. The van der Waals surface area contributed by atoms with Crippen LogP contribution in [0.4, 0.5) is 0 Å². The first-order valence-corrected chi connectivity index (χ1v) is 5.52. The van der Waals surface area contributed by atoms with Crippen molar-refractivity contribution in [1.82, 2.24) is 4.90 Å². The van der Waals surface area contributed by atoms with E-state index in [1.165, 1.54) is 32.1 Å². The Balaban J connectivity index is 1.87. The van der Waals surface area contributed by atoms with Crippen molar-refractivity contribution >= 4 is 0 Å². The van der Waals surface area contributed by atoms with Crippen molar-refractivity contribution in [3.63, 3.8) is 0 Å². The summed E-state index contributed by atoms with van der Waals surface area (Å²) in [5.74, 6) is 0. The van der Waals surface area contributed by atoms with Gasteiger partial charge in [0.2, 0.25) is 0 Å². The molecule has 0 aromatic carbocycles. The molecule has 1 aliphatic carbocycles. The quantitative estimate of drug-likeness (QED) is 0.614. The smallest absolute Gasteiger partial charge is 0.0334 e. The first kappa shape index (κ1) is 9.44. The maximum atomic E-state index is 5.91. The van der Waals surface area contributed by atoms with Crippen molar-refractivity contribution in [2.45, 2.75) is 50.2 Å². The van der Waals surface area contributed by atoms with E-state index in [0.717, 1.165) is 19.1 Å². The van der Waals surface area contributed by atoms with E-state index in [4.69, 9.17) is 11.5 Å². The van der Waals surface area contributed by atoms with Gasteiger partial charge >= 0.3 is 0 Å². The Morgan fingerprint density at radius 1 is 0.846 bits per heavy atom. The van der Waals surface area contributed by atoms with Gasteiger partial charge < -0.3 is 11.5 Å². The summed E-state index contributed by atoms with van der Waals surface area (Å²) >= 11 is 0. The predicted octanol–water partition coefficient (Wildman–Crippen LogP) is 0.289. The van der Waals surface area contributed by atoms with Gasteiger partial charge in [-0.05, 0) is 12.8 Å². The molecule has 76 valence electrons. The van der Waals surface area contributed by atoms with Crippen LogP contribution in [0.15, 0.2) is 0 Å². The zero-order valence-electron chi connectivity index (χ0n) is 8.28. The minimum atomic E-state index is 0.210. The van der Waals surface area contributed by atoms with Crippen LogP contribution in [0, 0.1) is 0 Å². The first-order valence-electron chi connectivity index (χ1n) is 5.52. The highest BCUT2D eigenvalue weighted by Gasteiger charge is 2.32. The Bertz CT molecular complexity index is 156. The van der Waals surface area contributed by atoms with Gasteiger partial charge in [-0.3, -0.25) is 4.90 Å². The molecule has 2 rings (SSSR count). The molecule has 0 unspecified atom stereocenters. The molecule has 1 saturated heterocycles. The SMILES string of the molecule is N[C@@H]1CN(C2CCCCC2)C[C@H]1N. The van der Waals surface area contributed by atoms with E-state index >= 15 is 0 Å². The van der Waals surface area contributed by atoms with Crippen molar-refractivity contribution in [1.29, 1.82) is 0 Å². The van der Waals surface area contributed by atoms with Crippen molar-refractivity contribution in [2.75, 3.05) is 13.1 Å². The minimum absolute atomic E-state index is 0.210. The summed E-state index contributed by atoms with van der Waals surface area (Å²) in [6.07, 6.45) is 6.93. The van der Waals surface area contributed by atoms with Gasteiger partial charge in [-0.25, -0.2) is 0 Å². The lowest BCUT2D eigenvalue weighted by Crippen LogP contribution is -2.39. The molecule has 3 heteroatoms. The second-order valence-electron chi connectivity index (χ2n) is 4.57. The molecule has 0 aromatic rings. The molecular formula is C10H21N3. The molecule has 1 heterocycles. The Labute approximate surface area is 80.5 Å². The van der Waals surface area contributed by atoms with Crippen LogP contribution in [0.25, 0.3) is 0 Å². The van der Waals surface area contributed by atoms with Crippen LogP contribution < -0.4 is 11.5 Å². The van der Waals surface area contributed by atoms with Gasteiger partial charge in [0.1, 0.15) is 0 Å². The Morgan fingerprint density at radius 2 is 1.38 bits per heavy atom. The highest BCUT2D eigenvalue weighted by molar-refractivity contribution is 4.93. The number of nitrogens with two attached hydrogens (primary N) is 2. The van der Waals surface area contributed by atoms with E-state index in [2.05, 4.69) is 4.90 Å². The van der Waals surface area contributed by atoms with E-state index < -0.39 is 0 Å². The lowest BCUT2D eigenvalue weighted by Gasteiger charge is -2.30. The van der Waals surface area contributed by atoms with E-state index in [1.807, 2.05) is 0 Å². The van der Waals surface area contributed by atoms with Crippen LogP contribution in [0.5, 0.6) is 0 Å². The molecular weight excluding hydrogens is 162 g/mol. The molecule has 2 atom stereocenters. The molecule has 0 bridgehead atoms. The lowest BCUT2D eigenvalue weighted by atomic mass is 9.94. The fourth-order valence-electron chi connectivity index (χ4n) is 2.63. The summed E-state index contributed by atoms with van der Waals surface area (Å²) in [7, 11) is 0. The van der Waals surface area contributed by atoms with E-state index in [1.54, 1.807) is 0 Å². The largest absolute Gasteiger partial charge is 0.325 e. The third-order valence-corrected chi connectivity index (χ3v) is 3.53. The second kappa shape index (κ2) is 3.95. The lowest BCUT2D eigenvalue weighted by molar-refractivity contribution is 0.188. The standard InChI is InChI=1S/C10H21N3/c11-9-6-13(7-10(9)12)8-4-2-1-3-5-8/h8-10H,1-7,11-12H2/t9-,10-/m1/s1. The number of rotatable bonds is 1. The van der Waals surface area contributed by atoms with Crippen molar-refractivity contribution in [3.8, 4) is 0 Å². The molecule has 3 nitrogen and oxygen atoms in total. The Hall–Kier alpha value is -0.120. The van der Waals surface area contributed by atoms with Gasteiger partial charge in [0.25, 0.3) is 0 Å². The number of hydrogen-bond acceptors (Lipinski definition) is 3. The van der Waals surface area contributed by atoms with Gasteiger partial charge in [-0.2, -0.15) is 0 Å².